The molecule has 0 saturated carbocycles. The number of nitrogens with zero attached hydrogens (tertiary/aromatic N) is 1. The summed E-state index contributed by atoms with van der Waals surface area (Å²) >= 11 is 3.36. The van der Waals surface area contributed by atoms with Crippen molar-refractivity contribution in [1.82, 2.24) is 4.31 Å². The molecule has 1 aromatic carbocycles. The number of hydrogen-bond donors (Lipinski definition) is 1. The molecular formula is C14H21BrN2O3S. The lowest BCUT2D eigenvalue weighted by Crippen LogP contribution is -2.39. The lowest BCUT2D eigenvalue weighted by molar-refractivity contribution is -0.116. The Morgan fingerprint density at radius 3 is 2.48 bits per heavy atom. The summed E-state index contributed by atoms with van der Waals surface area (Å²) in [6, 6.07) is 5.49. The Kier molecular flexibility index (Phi) is 6.37. The predicted octanol–water partition coefficient (Wildman–Crippen LogP) is 2.61. The van der Waals surface area contributed by atoms with E-state index in [9.17, 15) is 13.2 Å². The number of carbonyl (C=O) groups excluding carboxylic acids is 1. The largest absolute Gasteiger partial charge is 0.325 e. The molecule has 1 aromatic rings. The molecular weight excluding hydrogens is 356 g/mol. The number of nitrogens with one attached hydrogen (secondary N) is 1. The third kappa shape index (κ3) is 6.15. The number of hydrogen-bond acceptors (Lipinski definition) is 3. The van der Waals surface area contributed by atoms with Gasteiger partial charge in [-0.2, -0.15) is 4.31 Å². The minimum Gasteiger partial charge on any atom is -0.325 e. The van der Waals surface area contributed by atoms with E-state index < -0.39 is 10.0 Å². The normalized spacial score (nSPS) is 12.0. The van der Waals surface area contributed by atoms with E-state index in [-0.39, 0.29) is 18.4 Å². The maximum absolute atomic E-state index is 12.1. The number of halogens is 1. The molecule has 0 aliphatic heterocycles. The summed E-state index contributed by atoms with van der Waals surface area (Å²) in [6.45, 7) is 5.85. The van der Waals surface area contributed by atoms with Crippen LogP contribution in [0.3, 0.4) is 0 Å². The van der Waals surface area contributed by atoms with E-state index in [1.165, 1.54) is 4.31 Å². The molecule has 0 spiro atoms. The van der Waals surface area contributed by atoms with Gasteiger partial charge in [0.05, 0.1) is 12.8 Å². The first-order chi connectivity index (χ1) is 9.59. The molecule has 1 N–H and O–H groups in total. The highest BCUT2D eigenvalue weighted by Gasteiger charge is 2.21. The van der Waals surface area contributed by atoms with Crippen LogP contribution in [0.15, 0.2) is 22.7 Å². The van der Waals surface area contributed by atoms with E-state index in [4.69, 9.17) is 0 Å². The molecule has 0 unspecified atom stereocenters. The van der Waals surface area contributed by atoms with Gasteiger partial charge < -0.3 is 5.32 Å². The van der Waals surface area contributed by atoms with E-state index in [0.29, 0.717) is 12.2 Å². The van der Waals surface area contributed by atoms with E-state index in [2.05, 4.69) is 21.2 Å². The second kappa shape index (κ2) is 7.38. The Hall–Kier alpha value is -0.920. The van der Waals surface area contributed by atoms with Crippen LogP contribution in [0.5, 0.6) is 0 Å². The van der Waals surface area contributed by atoms with Crippen molar-refractivity contribution in [2.24, 2.45) is 5.92 Å². The van der Waals surface area contributed by atoms with E-state index in [1.54, 1.807) is 6.07 Å². The topological polar surface area (TPSA) is 66.5 Å². The van der Waals surface area contributed by atoms with Gasteiger partial charge >= 0.3 is 0 Å². The minimum atomic E-state index is -3.40. The van der Waals surface area contributed by atoms with Gasteiger partial charge in [-0.15, -0.1) is 0 Å². The average Bonchev–Trinajstić information content (AvgIpc) is 2.30. The lowest BCUT2D eigenvalue weighted by atomic mass is 10.2. The highest BCUT2D eigenvalue weighted by atomic mass is 79.9. The van der Waals surface area contributed by atoms with Crippen molar-refractivity contribution in [1.29, 1.82) is 0 Å². The Morgan fingerprint density at radius 2 is 2.00 bits per heavy atom. The zero-order valence-corrected chi connectivity index (χ0v) is 15.1. The predicted molar refractivity (Wildman–Crippen MR) is 88.8 cm³/mol. The fraction of sp³-hybridized carbons (Fsp3) is 0.500. The summed E-state index contributed by atoms with van der Waals surface area (Å²) in [7, 11) is -3.40. The molecule has 1 rings (SSSR count). The smallest absolute Gasteiger partial charge is 0.239 e. The van der Waals surface area contributed by atoms with Crippen LogP contribution < -0.4 is 5.32 Å². The highest BCUT2D eigenvalue weighted by Crippen LogP contribution is 2.20. The maximum Gasteiger partial charge on any atom is 0.239 e. The zero-order chi connectivity index (χ0) is 16.2. The standard InChI is InChI=1S/C14H21BrN2O3S/c1-10(2)8-17(21(4,19)20)9-14(18)16-13-6-5-12(15)7-11(13)3/h5-7,10H,8-9H2,1-4H3,(H,16,18). The molecule has 0 aliphatic rings. The van der Waals surface area contributed by atoms with Crippen LogP contribution in [-0.4, -0.2) is 38.0 Å². The third-order valence-corrected chi connectivity index (χ3v) is 4.53. The molecule has 7 heteroatoms. The molecule has 0 radical (unpaired) electrons. The van der Waals surface area contributed by atoms with Crippen LogP contribution in [0, 0.1) is 12.8 Å². The van der Waals surface area contributed by atoms with Crippen molar-refractivity contribution in [3.63, 3.8) is 0 Å². The van der Waals surface area contributed by atoms with Gasteiger partial charge in [-0.3, -0.25) is 4.79 Å². The van der Waals surface area contributed by atoms with Crippen LogP contribution in [0.4, 0.5) is 5.69 Å². The Labute approximate surface area is 134 Å². The summed E-state index contributed by atoms with van der Waals surface area (Å²) in [5, 5.41) is 2.75. The molecule has 0 saturated heterocycles. The summed E-state index contributed by atoms with van der Waals surface area (Å²) in [5.74, 6) is -0.187. The molecule has 1 amide bonds. The van der Waals surface area contributed by atoms with Gasteiger partial charge in [0, 0.05) is 16.7 Å². The Balaban J connectivity index is 2.78. The number of amides is 1. The zero-order valence-electron chi connectivity index (χ0n) is 12.7. The van der Waals surface area contributed by atoms with Crippen LogP contribution in [-0.2, 0) is 14.8 Å². The van der Waals surface area contributed by atoms with E-state index in [1.807, 2.05) is 32.9 Å². The second-order valence-corrected chi connectivity index (χ2v) is 8.35. The molecule has 0 aliphatic carbocycles. The maximum atomic E-state index is 12.1. The molecule has 0 fully saturated rings. The second-order valence-electron chi connectivity index (χ2n) is 5.46. The average molecular weight is 377 g/mol. The highest BCUT2D eigenvalue weighted by molar-refractivity contribution is 9.10. The van der Waals surface area contributed by atoms with Crippen molar-refractivity contribution in [2.75, 3.05) is 24.7 Å². The van der Waals surface area contributed by atoms with Crippen LogP contribution in [0.2, 0.25) is 0 Å². The van der Waals surface area contributed by atoms with Gasteiger partial charge in [-0.1, -0.05) is 29.8 Å². The van der Waals surface area contributed by atoms with Crippen molar-refractivity contribution in [2.45, 2.75) is 20.8 Å². The van der Waals surface area contributed by atoms with Gasteiger partial charge in [-0.25, -0.2) is 8.42 Å². The summed E-state index contributed by atoms with van der Waals surface area (Å²) in [6.07, 6.45) is 1.12. The van der Waals surface area contributed by atoms with Crippen molar-refractivity contribution >= 4 is 37.5 Å². The van der Waals surface area contributed by atoms with Gasteiger partial charge in [0.15, 0.2) is 0 Å². The van der Waals surface area contributed by atoms with Gasteiger partial charge in [-0.05, 0) is 36.6 Å². The van der Waals surface area contributed by atoms with Crippen LogP contribution in [0.1, 0.15) is 19.4 Å². The number of sulfonamides is 1. The molecule has 5 nitrogen and oxygen atoms in total. The van der Waals surface area contributed by atoms with Gasteiger partial charge in [0.1, 0.15) is 0 Å². The quantitative estimate of drug-likeness (QED) is 0.829. The Bertz CT molecular complexity index is 615. The fourth-order valence-electron chi connectivity index (χ4n) is 1.84. The first-order valence-corrected chi connectivity index (χ1v) is 9.25. The number of benzene rings is 1. The summed E-state index contributed by atoms with van der Waals surface area (Å²) in [4.78, 5) is 12.1. The number of anilines is 1. The molecule has 118 valence electrons. The number of rotatable bonds is 6. The molecule has 0 atom stereocenters. The molecule has 0 heterocycles. The van der Waals surface area contributed by atoms with Gasteiger partial charge in [0.25, 0.3) is 0 Å². The molecule has 0 aromatic heterocycles. The third-order valence-electron chi connectivity index (χ3n) is 2.82. The summed E-state index contributed by atoms with van der Waals surface area (Å²) < 4.78 is 25.5. The monoisotopic (exact) mass is 376 g/mol. The van der Waals surface area contributed by atoms with Gasteiger partial charge in [0.2, 0.25) is 15.9 Å². The van der Waals surface area contributed by atoms with Crippen molar-refractivity contribution in [3.8, 4) is 0 Å². The van der Waals surface area contributed by atoms with Crippen LogP contribution >= 0.6 is 15.9 Å². The first kappa shape index (κ1) is 18.1. The summed E-state index contributed by atoms with van der Waals surface area (Å²) in [5.41, 5.74) is 1.59. The molecule has 21 heavy (non-hydrogen) atoms. The lowest BCUT2D eigenvalue weighted by Gasteiger charge is -2.21. The van der Waals surface area contributed by atoms with E-state index >= 15 is 0 Å². The molecule has 0 bridgehead atoms. The van der Waals surface area contributed by atoms with Crippen molar-refractivity contribution < 1.29 is 13.2 Å². The fourth-order valence-corrected chi connectivity index (χ4v) is 3.24. The number of aryl methyl sites for hydroxylation is 1. The first-order valence-electron chi connectivity index (χ1n) is 6.60. The SMILES string of the molecule is Cc1cc(Br)ccc1NC(=O)CN(CC(C)C)S(C)(=O)=O. The number of carbonyl (C=O) groups is 1. The minimum absolute atomic E-state index is 0.155. The van der Waals surface area contributed by atoms with Crippen LogP contribution in [0.25, 0.3) is 0 Å². The van der Waals surface area contributed by atoms with E-state index in [0.717, 1.165) is 16.3 Å². The van der Waals surface area contributed by atoms with Crippen molar-refractivity contribution in [3.05, 3.63) is 28.2 Å². The Morgan fingerprint density at radius 1 is 1.38 bits per heavy atom.